The average molecular weight is 270 g/mol. The lowest BCUT2D eigenvalue weighted by Gasteiger charge is -2.26. The van der Waals surface area contributed by atoms with Crippen LogP contribution in [0.2, 0.25) is 5.02 Å². The van der Waals surface area contributed by atoms with E-state index in [1.54, 1.807) is 6.20 Å². The van der Waals surface area contributed by atoms with Gasteiger partial charge in [-0.25, -0.2) is 0 Å². The molecule has 1 saturated carbocycles. The zero-order chi connectivity index (χ0) is 13.2. The molecule has 0 saturated heterocycles. The van der Waals surface area contributed by atoms with Gasteiger partial charge in [0.05, 0.1) is 23.0 Å². The highest BCUT2D eigenvalue weighted by Gasteiger charge is 2.47. The lowest BCUT2D eigenvalue weighted by Crippen LogP contribution is -2.31. The summed E-state index contributed by atoms with van der Waals surface area (Å²) in [7, 11) is 0. The van der Waals surface area contributed by atoms with Crippen molar-refractivity contribution in [2.45, 2.75) is 59.0 Å². The van der Waals surface area contributed by atoms with Crippen LogP contribution in [-0.2, 0) is 6.54 Å². The molecule has 4 heteroatoms. The Kier molecular flexibility index (Phi) is 4.33. The number of aryl methyl sites for hydroxylation is 1. The second kappa shape index (κ2) is 5.62. The summed E-state index contributed by atoms with van der Waals surface area (Å²) in [6.45, 7) is 8.70. The van der Waals surface area contributed by atoms with E-state index in [4.69, 9.17) is 11.6 Å². The summed E-state index contributed by atoms with van der Waals surface area (Å²) in [5.41, 5.74) is 1.55. The summed E-state index contributed by atoms with van der Waals surface area (Å²) in [4.78, 5) is 0. The highest BCUT2D eigenvalue weighted by molar-refractivity contribution is 6.31. The standard InChI is InChI=1S/C14H24ClN3/c1-4-8-16-13(14(3)6-7-14)12-11(15)10-17-18(12)9-5-2/h10,13,16H,4-9H2,1-3H3. The Hall–Kier alpha value is -0.540. The first-order chi connectivity index (χ1) is 8.62. The largest absolute Gasteiger partial charge is 0.308 e. The van der Waals surface area contributed by atoms with E-state index in [2.05, 4.69) is 35.9 Å². The first-order valence-corrected chi connectivity index (χ1v) is 7.44. The fourth-order valence-electron chi connectivity index (χ4n) is 2.50. The number of aromatic nitrogens is 2. The van der Waals surface area contributed by atoms with Gasteiger partial charge in [0, 0.05) is 6.54 Å². The van der Waals surface area contributed by atoms with Gasteiger partial charge in [-0.05, 0) is 37.6 Å². The van der Waals surface area contributed by atoms with E-state index in [1.807, 2.05) is 0 Å². The molecular formula is C14H24ClN3. The van der Waals surface area contributed by atoms with Crippen LogP contribution in [0.15, 0.2) is 6.20 Å². The molecule has 1 atom stereocenters. The monoisotopic (exact) mass is 269 g/mol. The fraction of sp³-hybridized carbons (Fsp3) is 0.786. The SMILES string of the molecule is CCCNC(c1c(Cl)cnn1CCC)C1(C)CC1. The Labute approximate surface area is 115 Å². The Bertz CT molecular complexity index is 396. The van der Waals surface area contributed by atoms with Crippen molar-refractivity contribution < 1.29 is 0 Å². The Morgan fingerprint density at radius 2 is 2.17 bits per heavy atom. The van der Waals surface area contributed by atoms with Gasteiger partial charge in [0.1, 0.15) is 0 Å². The Balaban J connectivity index is 2.26. The van der Waals surface area contributed by atoms with E-state index in [-0.39, 0.29) is 0 Å². The van der Waals surface area contributed by atoms with Gasteiger partial charge in [-0.15, -0.1) is 0 Å². The molecule has 18 heavy (non-hydrogen) atoms. The van der Waals surface area contributed by atoms with Crippen molar-refractivity contribution in [3.05, 3.63) is 16.9 Å². The second-order valence-corrected chi connectivity index (χ2v) is 6.05. The van der Waals surface area contributed by atoms with E-state index >= 15 is 0 Å². The third-order valence-corrected chi connectivity index (χ3v) is 4.17. The summed E-state index contributed by atoms with van der Waals surface area (Å²) in [5.74, 6) is 0. The van der Waals surface area contributed by atoms with Gasteiger partial charge in [0.2, 0.25) is 0 Å². The quantitative estimate of drug-likeness (QED) is 0.816. The smallest absolute Gasteiger partial charge is 0.0834 e. The summed E-state index contributed by atoms with van der Waals surface area (Å²) >= 11 is 6.36. The number of hydrogen-bond donors (Lipinski definition) is 1. The van der Waals surface area contributed by atoms with E-state index in [0.29, 0.717) is 11.5 Å². The van der Waals surface area contributed by atoms with Crippen LogP contribution in [0.3, 0.4) is 0 Å². The van der Waals surface area contributed by atoms with E-state index < -0.39 is 0 Å². The molecule has 0 aromatic carbocycles. The summed E-state index contributed by atoms with van der Waals surface area (Å²) in [6.07, 6.45) is 6.58. The molecule has 0 bridgehead atoms. The van der Waals surface area contributed by atoms with Gasteiger partial charge in [0.25, 0.3) is 0 Å². The maximum atomic E-state index is 6.36. The van der Waals surface area contributed by atoms with Crippen molar-refractivity contribution in [1.82, 2.24) is 15.1 Å². The maximum Gasteiger partial charge on any atom is 0.0834 e. The topological polar surface area (TPSA) is 29.9 Å². The van der Waals surface area contributed by atoms with Gasteiger partial charge >= 0.3 is 0 Å². The molecule has 1 aromatic heterocycles. The van der Waals surface area contributed by atoms with E-state index in [1.165, 1.54) is 18.5 Å². The number of hydrogen-bond acceptors (Lipinski definition) is 2. The minimum absolute atomic E-state index is 0.346. The number of nitrogens with zero attached hydrogens (tertiary/aromatic N) is 2. The molecule has 1 aliphatic rings. The molecule has 1 N–H and O–H groups in total. The van der Waals surface area contributed by atoms with Crippen molar-refractivity contribution in [3.8, 4) is 0 Å². The molecular weight excluding hydrogens is 246 g/mol. The van der Waals surface area contributed by atoms with Crippen LogP contribution >= 0.6 is 11.6 Å². The van der Waals surface area contributed by atoms with Crippen molar-refractivity contribution in [3.63, 3.8) is 0 Å². The molecule has 2 rings (SSSR count). The number of halogens is 1. The average Bonchev–Trinajstić information content (AvgIpc) is 2.99. The highest BCUT2D eigenvalue weighted by Crippen LogP contribution is 2.55. The predicted molar refractivity (Wildman–Crippen MR) is 75.9 cm³/mol. The lowest BCUT2D eigenvalue weighted by atomic mass is 9.95. The third-order valence-electron chi connectivity index (χ3n) is 3.88. The molecule has 0 amide bonds. The molecule has 0 aliphatic heterocycles. The van der Waals surface area contributed by atoms with Gasteiger partial charge in [-0.2, -0.15) is 5.10 Å². The number of nitrogens with one attached hydrogen (secondary N) is 1. The normalized spacial score (nSPS) is 18.9. The minimum Gasteiger partial charge on any atom is -0.308 e. The van der Waals surface area contributed by atoms with E-state index in [9.17, 15) is 0 Å². The van der Waals surface area contributed by atoms with Crippen LogP contribution in [0, 0.1) is 5.41 Å². The Morgan fingerprint density at radius 1 is 1.44 bits per heavy atom. The lowest BCUT2D eigenvalue weighted by molar-refractivity contribution is 0.342. The first kappa shape index (κ1) is 13.9. The fourth-order valence-corrected chi connectivity index (χ4v) is 2.75. The first-order valence-electron chi connectivity index (χ1n) is 7.07. The van der Waals surface area contributed by atoms with Crippen molar-refractivity contribution in [2.75, 3.05) is 6.54 Å². The maximum absolute atomic E-state index is 6.36. The molecule has 1 fully saturated rings. The van der Waals surface area contributed by atoms with Crippen molar-refractivity contribution >= 4 is 11.6 Å². The summed E-state index contributed by atoms with van der Waals surface area (Å²) in [5, 5.41) is 8.90. The zero-order valence-corrected chi connectivity index (χ0v) is 12.4. The number of rotatable bonds is 7. The van der Waals surface area contributed by atoms with Gasteiger partial charge in [-0.1, -0.05) is 32.4 Å². The molecule has 1 heterocycles. The van der Waals surface area contributed by atoms with Crippen molar-refractivity contribution in [2.24, 2.45) is 5.41 Å². The van der Waals surface area contributed by atoms with Crippen LogP contribution < -0.4 is 5.32 Å². The van der Waals surface area contributed by atoms with Crippen LogP contribution in [-0.4, -0.2) is 16.3 Å². The van der Waals surface area contributed by atoms with Crippen LogP contribution in [0.25, 0.3) is 0 Å². The van der Waals surface area contributed by atoms with Crippen LogP contribution in [0.5, 0.6) is 0 Å². The molecule has 1 unspecified atom stereocenters. The van der Waals surface area contributed by atoms with Gasteiger partial charge in [-0.3, -0.25) is 4.68 Å². The van der Waals surface area contributed by atoms with E-state index in [0.717, 1.165) is 31.0 Å². The highest BCUT2D eigenvalue weighted by atomic mass is 35.5. The third kappa shape index (κ3) is 2.72. The molecule has 0 spiro atoms. The molecule has 102 valence electrons. The zero-order valence-electron chi connectivity index (χ0n) is 11.7. The molecule has 1 aliphatic carbocycles. The molecule has 1 aromatic rings. The summed E-state index contributed by atoms with van der Waals surface area (Å²) in [6, 6.07) is 0.346. The van der Waals surface area contributed by atoms with Gasteiger partial charge in [0.15, 0.2) is 0 Å². The molecule has 0 radical (unpaired) electrons. The Morgan fingerprint density at radius 3 is 2.72 bits per heavy atom. The minimum atomic E-state index is 0.346. The van der Waals surface area contributed by atoms with Crippen molar-refractivity contribution in [1.29, 1.82) is 0 Å². The summed E-state index contributed by atoms with van der Waals surface area (Å²) < 4.78 is 2.08. The predicted octanol–water partition coefficient (Wildman–Crippen LogP) is 3.79. The van der Waals surface area contributed by atoms with Gasteiger partial charge < -0.3 is 5.32 Å². The van der Waals surface area contributed by atoms with Crippen LogP contribution in [0.4, 0.5) is 0 Å². The second-order valence-electron chi connectivity index (χ2n) is 5.64. The molecule has 3 nitrogen and oxygen atoms in total. The van der Waals surface area contributed by atoms with Crippen LogP contribution in [0.1, 0.15) is 58.2 Å².